The summed E-state index contributed by atoms with van der Waals surface area (Å²) in [5.41, 5.74) is 0.754. The number of furan rings is 1. The van der Waals surface area contributed by atoms with Crippen molar-refractivity contribution in [2.75, 3.05) is 5.75 Å². The third-order valence-electron chi connectivity index (χ3n) is 4.12. The Hall–Kier alpha value is -2.69. The van der Waals surface area contributed by atoms with Gasteiger partial charge in [0.05, 0.1) is 11.3 Å². The number of carbonyl (C=O) groups excluding carboxylic acids is 1. The predicted molar refractivity (Wildman–Crippen MR) is 114 cm³/mol. The Bertz CT molecular complexity index is 1230. The molecule has 4 rings (SSSR count). The Labute approximate surface area is 175 Å². The number of aliphatic imine (C=N–C) groups is 1. The molecule has 1 amide bonds. The average molecular weight is 449 g/mol. The van der Waals surface area contributed by atoms with Crippen molar-refractivity contribution in [3.8, 4) is 11.3 Å². The van der Waals surface area contributed by atoms with Crippen molar-refractivity contribution >= 4 is 60.6 Å². The van der Waals surface area contributed by atoms with Crippen molar-refractivity contribution in [2.45, 2.75) is 6.92 Å². The molecule has 0 fully saturated rings. The molecule has 8 nitrogen and oxygen atoms in total. The Morgan fingerprint density at radius 1 is 1.24 bits per heavy atom. The Kier molecular flexibility index (Phi) is 4.93. The van der Waals surface area contributed by atoms with E-state index in [0.717, 1.165) is 22.3 Å². The molecule has 0 spiro atoms. The molecule has 1 aromatic carbocycles. The molecule has 0 unspecified atom stereocenters. The van der Waals surface area contributed by atoms with E-state index in [1.807, 2.05) is 0 Å². The van der Waals surface area contributed by atoms with Gasteiger partial charge < -0.3 is 4.42 Å². The minimum absolute atomic E-state index is 0.0467. The Balaban J connectivity index is 1.65. The normalized spacial score (nSPS) is 18.1. The van der Waals surface area contributed by atoms with E-state index in [2.05, 4.69) is 10.1 Å². The quantitative estimate of drug-likeness (QED) is 0.717. The summed E-state index contributed by atoms with van der Waals surface area (Å²) in [6, 6.07) is 10.5. The first-order chi connectivity index (χ1) is 13.8. The van der Waals surface area contributed by atoms with Crippen LogP contribution in [0, 0.1) is 5.41 Å². The Morgan fingerprint density at radius 2 is 1.97 bits per heavy atom. The number of hydrogen-bond acceptors (Lipinski definition) is 7. The summed E-state index contributed by atoms with van der Waals surface area (Å²) in [7, 11) is -3.57. The molecular weight excluding hydrogens is 436 g/mol. The van der Waals surface area contributed by atoms with Gasteiger partial charge in [0.2, 0.25) is 19.4 Å². The van der Waals surface area contributed by atoms with Gasteiger partial charge in [-0.05, 0) is 54.2 Å². The van der Waals surface area contributed by atoms with E-state index >= 15 is 0 Å². The van der Waals surface area contributed by atoms with Gasteiger partial charge in [-0.3, -0.25) is 10.2 Å². The van der Waals surface area contributed by atoms with E-state index in [4.69, 9.17) is 21.4 Å². The van der Waals surface area contributed by atoms with Crippen LogP contribution in [0.1, 0.15) is 12.7 Å². The molecule has 2 aromatic rings. The molecule has 1 aromatic heterocycles. The highest BCUT2D eigenvalue weighted by atomic mass is 35.5. The van der Waals surface area contributed by atoms with Crippen molar-refractivity contribution < 1.29 is 17.6 Å². The van der Waals surface area contributed by atoms with Crippen LogP contribution in [0.4, 0.5) is 0 Å². The fraction of sp³-hybridized carbons (Fsp3) is 0.111. The number of fused-ring (bicyclic) bond motifs is 1. The van der Waals surface area contributed by atoms with E-state index < -0.39 is 15.7 Å². The number of amidine groups is 2. The second-order valence-corrected chi connectivity index (χ2v) is 9.84. The zero-order valence-corrected chi connectivity index (χ0v) is 17.3. The average Bonchev–Trinajstić information content (AvgIpc) is 3.33. The first kappa shape index (κ1) is 19.6. The summed E-state index contributed by atoms with van der Waals surface area (Å²) in [4.78, 5) is 16.3. The summed E-state index contributed by atoms with van der Waals surface area (Å²) >= 11 is 6.65. The van der Waals surface area contributed by atoms with Crippen LogP contribution in [0.25, 0.3) is 17.4 Å². The van der Waals surface area contributed by atoms with E-state index in [9.17, 15) is 13.2 Å². The molecular formula is C18H13ClN4O4S2. The van der Waals surface area contributed by atoms with Gasteiger partial charge in [-0.15, -0.1) is 5.10 Å². The highest BCUT2D eigenvalue weighted by molar-refractivity contribution is 8.42. The lowest BCUT2D eigenvalue weighted by Crippen LogP contribution is -2.35. The number of thioether (sulfide) groups is 1. The molecule has 0 saturated carbocycles. The number of halogens is 1. The van der Waals surface area contributed by atoms with E-state index in [1.165, 1.54) is 13.0 Å². The smallest absolute Gasteiger partial charge is 0.283 e. The molecule has 11 heteroatoms. The number of hydrazone groups is 1. The fourth-order valence-corrected chi connectivity index (χ4v) is 4.86. The number of nitrogens with zero attached hydrogens (tertiary/aromatic N) is 3. The number of sulfone groups is 1. The third kappa shape index (κ3) is 3.66. The third-order valence-corrected chi connectivity index (χ3v) is 7.46. The molecule has 0 atom stereocenters. The number of benzene rings is 1. The highest BCUT2D eigenvalue weighted by Gasteiger charge is 2.39. The zero-order chi connectivity index (χ0) is 20.8. The second kappa shape index (κ2) is 7.29. The standard InChI is InChI=1S/C18H13ClN4O4S2/c1-2-29(25,26)18-22-23-15(20)13(16(24)21-17(23)28-18)9-12-7-8-14(27-12)10-3-5-11(19)6-4-10/h3-9,20H,2H2,1H3/b13-9+,20-15?. The summed E-state index contributed by atoms with van der Waals surface area (Å²) in [5.74, 6) is -0.150. The van der Waals surface area contributed by atoms with Crippen LogP contribution >= 0.6 is 23.4 Å². The molecule has 0 bridgehead atoms. The Morgan fingerprint density at radius 3 is 2.66 bits per heavy atom. The topological polar surface area (TPSA) is 116 Å². The van der Waals surface area contributed by atoms with E-state index in [0.29, 0.717) is 16.5 Å². The number of amides is 1. The fourth-order valence-electron chi connectivity index (χ4n) is 2.57. The van der Waals surface area contributed by atoms with Crippen LogP contribution < -0.4 is 0 Å². The largest absolute Gasteiger partial charge is 0.457 e. The van der Waals surface area contributed by atoms with Crippen molar-refractivity contribution in [3.63, 3.8) is 0 Å². The van der Waals surface area contributed by atoms with Gasteiger partial charge in [0.25, 0.3) is 5.91 Å². The van der Waals surface area contributed by atoms with E-state index in [1.54, 1.807) is 36.4 Å². The summed E-state index contributed by atoms with van der Waals surface area (Å²) < 4.78 is 29.6. The van der Waals surface area contributed by atoms with Crippen LogP contribution in [0.3, 0.4) is 0 Å². The van der Waals surface area contributed by atoms with E-state index in [-0.39, 0.29) is 26.7 Å². The van der Waals surface area contributed by atoms with Crippen LogP contribution in [0.2, 0.25) is 5.02 Å². The van der Waals surface area contributed by atoms with Crippen LogP contribution in [0.5, 0.6) is 0 Å². The zero-order valence-electron chi connectivity index (χ0n) is 14.9. The molecule has 0 saturated heterocycles. The second-order valence-electron chi connectivity index (χ2n) is 6.00. The predicted octanol–water partition coefficient (Wildman–Crippen LogP) is 3.61. The van der Waals surface area contributed by atoms with Gasteiger partial charge in [-0.25, -0.2) is 8.42 Å². The molecule has 148 valence electrons. The number of nitrogens with one attached hydrogen (secondary N) is 1. The lowest BCUT2D eigenvalue weighted by molar-refractivity contribution is -0.114. The summed E-state index contributed by atoms with van der Waals surface area (Å²) in [5, 5.41) is 13.9. The first-order valence-electron chi connectivity index (χ1n) is 8.37. The molecule has 0 radical (unpaired) electrons. The molecule has 3 heterocycles. The van der Waals surface area contributed by atoms with Crippen LogP contribution in [-0.4, -0.2) is 40.5 Å². The molecule has 0 aliphatic carbocycles. The first-order valence-corrected chi connectivity index (χ1v) is 11.2. The maximum Gasteiger partial charge on any atom is 0.283 e. The SMILES string of the molecule is CCS(=O)(=O)C1=NN2C(=N)/C(=C\c3ccc(-c4ccc(Cl)cc4)o3)C(=O)N=C2S1. The van der Waals surface area contributed by atoms with Gasteiger partial charge >= 0.3 is 0 Å². The van der Waals surface area contributed by atoms with Gasteiger partial charge in [-0.2, -0.15) is 10.0 Å². The lowest BCUT2D eigenvalue weighted by Gasteiger charge is -2.19. The van der Waals surface area contributed by atoms with Gasteiger partial charge in [-0.1, -0.05) is 18.5 Å². The molecule has 2 aliphatic rings. The molecule has 2 aliphatic heterocycles. The minimum atomic E-state index is -3.57. The van der Waals surface area contributed by atoms with Crippen molar-refractivity contribution in [1.82, 2.24) is 5.01 Å². The monoisotopic (exact) mass is 448 g/mol. The lowest BCUT2D eigenvalue weighted by atomic mass is 10.1. The molecule has 29 heavy (non-hydrogen) atoms. The number of carbonyl (C=O) groups is 1. The summed E-state index contributed by atoms with van der Waals surface area (Å²) in [6.07, 6.45) is 1.39. The van der Waals surface area contributed by atoms with Crippen LogP contribution in [0.15, 0.2) is 56.5 Å². The van der Waals surface area contributed by atoms with Crippen molar-refractivity contribution in [2.24, 2.45) is 10.1 Å². The minimum Gasteiger partial charge on any atom is -0.457 e. The van der Waals surface area contributed by atoms with Crippen molar-refractivity contribution in [3.05, 3.63) is 52.8 Å². The van der Waals surface area contributed by atoms with Gasteiger partial charge in [0, 0.05) is 10.6 Å². The molecule has 1 N–H and O–H groups in total. The number of hydrogen-bond donors (Lipinski definition) is 1. The summed E-state index contributed by atoms with van der Waals surface area (Å²) in [6.45, 7) is 1.49. The van der Waals surface area contributed by atoms with Gasteiger partial charge in [0.15, 0.2) is 5.84 Å². The van der Waals surface area contributed by atoms with Crippen LogP contribution in [-0.2, 0) is 14.6 Å². The maximum absolute atomic E-state index is 12.4. The highest BCUT2D eigenvalue weighted by Crippen LogP contribution is 2.31. The van der Waals surface area contributed by atoms with Gasteiger partial charge in [0.1, 0.15) is 11.5 Å². The number of rotatable bonds is 3. The van der Waals surface area contributed by atoms with Crippen molar-refractivity contribution in [1.29, 1.82) is 5.41 Å². The maximum atomic E-state index is 12.4.